The van der Waals surface area contributed by atoms with Gasteiger partial charge in [-0.05, 0) is 102 Å². The Morgan fingerprint density at radius 2 is 1.10 bits per heavy atom. The molecule has 0 amide bonds. The van der Waals surface area contributed by atoms with Crippen molar-refractivity contribution < 1.29 is 17.9 Å². The number of pyridine rings is 2. The van der Waals surface area contributed by atoms with Crippen molar-refractivity contribution in [3.05, 3.63) is 132 Å². The van der Waals surface area contributed by atoms with Crippen LogP contribution in [0, 0.1) is 0 Å². The largest absolute Gasteiger partial charge is 0.463 e. The molecule has 69 heavy (non-hydrogen) atoms. The van der Waals surface area contributed by atoms with E-state index in [-0.39, 0.29) is 32.4 Å². The molecule has 0 N–H and O–H groups in total. The van der Waals surface area contributed by atoms with E-state index in [1.54, 1.807) is 40.1 Å². The van der Waals surface area contributed by atoms with Crippen LogP contribution in [0.1, 0.15) is 115 Å². The highest BCUT2D eigenvalue weighted by molar-refractivity contribution is 7.86. The molecular formula is C52H59ClN10O4S2. The second-order valence-electron chi connectivity index (χ2n) is 18.7. The Balaban J connectivity index is 0.000000205. The average molecular weight is 988 g/mol. The Bertz CT molecular complexity index is 3120. The molecule has 14 nitrogen and oxygen atoms in total. The molecule has 360 valence electrons. The second-order valence-corrected chi connectivity index (χ2v) is 23.5. The standard InChI is InChI=1S/C27H31N5O3S.C25H28ClN5OS/c1-6-8-20(17-36(34)27(2,3)4)22-10-7-9-21(30-22)18-11-12-19-16-29-32(23(19)15-18)24-13-14-28-25(31-24)26(33)35-5;1-5-7-19(16-33(32)25(2,3)4)21-9-6-8-20(29-21)17-10-11-18-15-28-31(22(18)14-17)23-12-13-27-24(26)30-23/h7,9-16,20H,6,8,17H2,1-5H3;6,8-15,19H,5,7,16H2,1-4H3/t20-,36+;19-,33+/m11/s1. The molecule has 0 spiro atoms. The number of methoxy groups -OCH3 is 1. The third kappa shape index (κ3) is 12.4. The summed E-state index contributed by atoms with van der Waals surface area (Å²) in [6.45, 7) is 16.4. The number of halogens is 1. The summed E-state index contributed by atoms with van der Waals surface area (Å²) in [5.41, 5.74) is 7.32. The first-order chi connectivity index (χ1) is 33.0. The van der Waals surface area contributed by atoms with Gasteiger partial charge >= 0.3 is 5.97 Å². The predicted molar refractivity (Wildman–Crippen MR) is 277 cm³/mol. The van der Waals surface area contributed by atoms with E-state index < -0.39 is 27.6 Å². The van der Waals surface area contributed by atoms with Crippen LogP contribution in [0.15, 0.2) is 110 Å². The molecule has 0 unspecified atom stereocenters. The minimum Gasteiger partial charge on any atom is -0.463 e. The van der Waals surface area contributed by atoms with Crippen LogP contribution in [-0.4, -0.2) is 92.0 Å². The molecule has 0 saturated heterocycles. The van der Waals surface area contributed by atoms with Crippen LogP contribution in [0.25, 0.3) is 56.0 Å². The minimum absolute atomic E-state index is 0.0289. The van der Waals surface area contributed by atoms with Gasteiger partial charge in [0.25, 0.3) is 0 Å². The van der Waals surface area contributed by atoms with Gasteiger partial charge < -0.3 is 4.74 Å². The highest BCUT2D eigenvalue weighted by Crippen LogP contribution is 2.31. The number of nitrogens with zero attached hydrogens (tertiary/aromatic N) is 10. The topological polar surface area (TPSA) is 173 Å². The van der Waals surface area contributed by atoms with E-state index in [1.807, 2.05) is 96.1 Å². The number of rotatable bonds is 15. The van der Waals surface area contributed by atoms with E-state index in [0.717, 1.165) is 81.4 Å². The van der Waals surface area contributed by atoms with E-state index in [0.29, 0.717) is 23.1 Å². The van der Waals surface area contributed by atoms with E-state index in [2.05, 4.69) is 62.2 Å². The van der Waals surface area contributed by atoms with Gasteiger partial charge in [-0.25, -0.2) is 29.1 Å². The van der Waals surface area contributed by atoms with Crippen molar-refractivity contribution in [1.29, 1.82) is 0 Å². The van der Waals surface area contributed by atoms with Gasteiger partial charge in [0.05, 0.1) is 41.9 Å². The summed E-state index contributed by atoms with van der Waals surface area (Å²) >= 11 is 5.98. The summed E-state index contributed by atoms with van der Waals surface area (Å²) < 4.78 is 33.4. The van der Waals surface area contributed by atoms with Crippen LogP contribution in [0.2, 0.25) is 5.28 Å². The van der Waals surface area contributed by atoms with Gasteiger partial charge in [-0.1, -0.05) is 63.1 Å². The van der Waals surface area contributed by atoms with Crippen molar-refractivity contribution in [2.24, 2.45) is 0 Å². The molecule has 6 aromatic heterocycles. The highest BCUT2D eigenvalue weighted by Gasteiger charge is 2.26. The fourth-order valence-electron chi connectivity index (χ4n) is 7.70. The lowest BCUT2D eigenvalue weighted by molar-refractivity contribution is 0.0586. The van der Waals surface area contributed by atoms with Crippen LogP contribution >= 0.6 is 11.6 Å². The number of esters is 1. The number of carbonyl (C=O) groups is 1. The molecule has 2 aromatic carbocycles. The van der Waals surface area contributed by atoms with Gasteiger partial charge in [0, 0.05) is 112 Å². The summed E-state index contributed by atoms with van der Waals surface area (Å²) in [6, 6.07) is 27.7. The highest BCUT2D eigenvalue weighted by atomic mass is 35.5. The summed E-state index contributed by atoms with van der Waals surface area (Å²) in [6.07, 6.45) is 10.6. The van der Waals surface area contributed by atoms with Gasteiger partial charge in [0.1, 0.15) is 0 Å². The molecule has 4 atom stereocenters. The Morgan fingerprint density at radius 1 is 0.638 bits per heavy atom. The Morgan fingerprint density at radius 3 is 1.54 bits per heavy atom. The molecule has 0 aliphatic rings. The number of hydrogen-bond acceptors (Lipinski definition) is 12. The fourth-order valence-corrected chi connectivity index (χ4v) is 10.2. The predicted octanol–water partition coefficient (Wildman–Crippen LogP) is 11.1. The third-order valence-corrected chi connectivity index (χ3v) is 15.8. The number of benzene rings is 2. The van der Waals surface area contributed by atoms with Crippen LogP contribution in [-0.2, 0) is 26.3 Å². The molecule has 0 saturated carbocycles. The first-order valence-electron chi connectivity index (χ1n) is 23.0. The summed E-state index contributed by atoms with van der Waals surface area (Å²) in [7, 11) is -0.603. The molecule has 0 aliphatic carbocycles. The van der Waals surface area contributed by atoms with Gasteiger partial charge in [-0.15, -0.1) is 0 Å². The SMILES string of the molecule is CCC[C@H](C[S@](=O)C(C)(C)C)c1cccc(-c2ccc3cnn(-c4ccnc(C(=O)OC)n4)c3c2)n1.CCC[C@H](C[S@](=O)C(C)(C)C)c1cccc(-c2ccc3cnn(-c4ccnc(Cl)n4)c3c2)n1. The lowest BCUT2D eigenvalue weighted by atomic mass is 10.00. The molecular weight excluding hydrogens is 928 g/mol. The van der Waals surface area contributed by atoms with E-state index in [1.165, 1.54) is 13.3 Å². The maximum absolute atomic E-state index is 12.9. The first kappa shape index (κ1) is 50.8. The second kappa shape index (κ2) is 22.1. The van der Waals surface area contributed by atoms with Crippen molar-refractivity contribution in [1.82, 2.24) is 49.5 Å². The van der Waals surface area contributed by atoms with Gasteiger partial charge in [-0.2, -0.15) is 15.2 Å². The van der Waals surface area contributed by atoms with Crippen molar-refractivity contribution in [2.45, 2.75) is 102 Å². The van der Waals surface area contributed by atoms with E-state index >= 15 is 0 Å². The summed E-state index contributed by atoms with van der Waals surface area (Å²) in [5.74, 6) is 1.94. The molecule has 0 aliphatic heterocycles. The van der Waals surface area contributed by atoms with Gasteiger partial charge in [0.2, 0.25) is 11.1 Å². The Hall–Kier alpha value is -6.10. The smallest absolute Gasteiger partial charge is 0.376 e. The number of carbonyl (C=O) groups excluding carboxylic acids is 1. The Labute approximate surface area is 413 Å². The molecule has 6 heterocycles. The first-order valence-corrected chi connectivity index (χ1v) is 26.1. The number of hydrogen-bond donors (Lipinski definition) is 0. The maximum Gasteiger partial charge on any atom is 0.376 e. The zero-order valence-corrected chi connectivity index (χ0v) is 43.0. The third-order valence-electron chi connectivity index (χ3n) is 11.5. The number of fused-ring (bicyclic) bond motifs is 2. The lowest BCUT2D eigenvalue weighted by Gasteiger charge is -2.23. The zero-order valence-electron chi connectivity index (χ0n) is 40.6. The fraction of sp³-hybridized carbons (Fsp3) is 0.365. The summed E-state index contributed by atoms with van der Waals surface area (Å²) in [5, 5.41) is 11.1. The van der Waals surface area contributed by atoms with E-state index in [9.17, 15) is 13.2 Å². The Kier molecular flexibility index (Phi) is 16.3. The quantitative estimate of drug-likeness (QED) is 0.0703. The zero-order chi connectivity index (χ0) is 49.5. The van der Waals surface area contributed by atoms with Crippen molar-refractivity contribution in [3.63, 3.8) is 0 Å². The van der Waals surface area contributed by atoms with Crippen molar-refractivity contribution >= 4 is 61.0 Å². The molecule has 17 heteroatoms. The van der Waals surface area contributed by atoms with E-state index in [4.69, 9.17) is 26.3 Å². The van der Waals surface area contributed by atoms with Crippen LogP contribution < -0.4 is 0 Å². The maximum atomic E-state index is 12.9. The molecule has 0 fully saturated rings. The van der Waals surface area contributed by atoms with Gasteiger partial charge in [-0.3, -0.25) is 18.4 Å². The van der Waals surface area contributed by atoms with Crippen LogP contribution in [0.4, 0.5) is 0 Å². The lowest BCUT2D eigenvalue weighted by Crippen LogP contribution is -2.27. The average Bonchev–Trinajstić information content (AvgIpc) is 3.97. The molecule has 0 bridgehead atoms. The normalized spacial score (nSPS) is 13.7. The summed E-state index contributed by atoms with van der Waals surface area (Å²) in [4.78, 5) is 38.4. The van der Waals surface area contributed by atoms with Crippen LogP contribution in [0.5, 0.6) is 0 Å². The number of ether oxygens (including phenoxy) is 1. The molecule has 8 aromatic rings. The van der Waals surface area contributed by atoms with Crippen molar-refractivity contribution in [3.8, 4) is 34.2 Å². The molecule has 0 radical (unpaired) electrons. The number of aromatic nitrogens is 10. The van der Waals surface area contributed by atoms with Crippen LogP contribution in [0.3, 0.4) is 0 Å². The monoisotopic (exact) mass is 986 g/mol. The van der Waals surface area contributed by atoms with Crippen molar-refractivity contribution in [2.75, 3.05) is 18.6 Å². The minimum atomic E-state index is -0.961. The van der Waals surface area contributed by atoms with Gasteiger partial charge in [0.15, 0.2) is 11.6 Å². The molecule has 8 rings (SSSR count).